The number of piperazine rings is 1. The molecule has 19 heavy (non-hydrogen) atoms. The van der Waals surface area contributed by atoms with Gasteiger partial charge in [-0.25, -0.2) is 4.98 Å². The Balaban J connectivity index is 1.90. The molecule has 0 radical (unpaired) electrons. The lowest BCUT2D eigenvalue weighted by molar-refractivity contribution is 0.0623. The SMILES string of the molecule is CC(C)CN1CCN(C(=O)c2ccc(Cl)nc2)CC1. The van der Waals surface area contributed by atoms with Crippen molar-refractivity contribution in [1.82, 2.24) is 14.8 Å². The molecule has 5 heteroatoms. The first-order valence-corrected chi connectivity index (χ1v) is 7.07. The average molecular weight is 282 g/mol. The van der Waals surface area contributed by atoms with Gasteiger partial charge in [-0.3, -0.25) is 9.69 Å². The maximum Gasteiger partial charge on any atom is 0.255 e. The third-order valence-electron chi connectivity index (χ3n) is 3.26. The smallest absolute Gasteiger partial charge is 0.255 e. The number of carbonyl (C=O) groups is 1. The molecular weight excluding hydrogens is 262 g/mol. The summed E-state index contributed by atoms with van der Waals surface area (Å²) in [4.78, 5) is 20.5. The molecule has 0 saturated carbocycles. The molecule has 1 amide bonds. The lowest BCUT2D eigenvalue weighted by atomic mass is 10.1. The summed E-state index contributed by atoms with van der Waals surface area (Å²) in [6.07, 6.45) is 1.55. The van der Waals surface area contributed by atoms with Gasteiger partial charge in [0.2, 0.25) is 0 Å². The van der Waals surface area contributed by atoms with E-state index in [1.807, 2.05) is 4.90 Å². The summed E-state index contributed by atoms with van der Waals surface area (Å²) in [7, 11) is 0. The molecule has 0 bridgehead atoms. The standard InChI is InChI=1S/C14H20ClN3O/c1-11(2)10-17-5-7-18(8-6-17)14(19)12-3-4-13(15)16-9-12/h3-4,9,11H,5-8,10H2,1-2H3. The van der Waals surface area contributed by atoms with Crippen molar-refractivity contribution in [1.29, 1.82) is 0 Å². The third kappa shape index (κ3) is 3.91. The van der Waals surface area contributed by atoms with Crippen LogP contribution in [0.5, 0.6) is 0 Å². The predicted octanol–water partition coefficient (Wildman–Crippen LogP) is 2.15. The highest BCUT2D eigenvalue weighted by atomic mass is 35.5. The minimum Gasteiger partial charge on any atom is -0.336 e. The molecule has 0 unspecified atom stereocenters. The van der Waals surface area contributed by atoms with Gasteiger partial charge in [0.15, 0.2) is 0 Å². The molecule has 1 aromatic rings. The summed E-state index contributed by atoms with van der Waals surface area (Å²) in [5.74, 6) is 0.719. The van der Waals surface area contributed by atoms with Crippen molar-refractivity contribution in [2.24, 2.45) is 5.92 Å². The number of aromatic nitrogens is 1. The summed E-state index contributed by atoms with van der Waals surface area (Å²) < 4.78 is 0. The molecule has 0 aromatic carbocycles. The van der Waals surface area contributed by atoms with E-state index in [0.29, 0.717) is 16.6 Å². The molecule has 1 fully saturated rings. The number of amides is 1. The van der Waals surface area contributed by atoms with Crippen molar-refractivity contribution in [2.45, 2.75) is 13.8 Å². The minimum atomic E-state index is 0.0494. The predicted molar refractivity (Wildman–Crippen MR) is 76.4 cm³/mol. The van der Waals surface area contributed by atoms with E-state index < -0.39 is 0 Å². The fourth-order valence-corrected chi connectivity index (χ4v) is 2.45. The lowest BCUT2D eigenvalue weighted by Crippen LogP contribution is -2.49. The summed E-state index contributed by atoms with van der Waals surface area (Å²) in [6.45, 7) is 9.01. The zero-order valence-electron chi connectivity index (χ0n) is 11.5. The Morgan fingerprint density at radius 1 is 1.32 bits per heavy atom. The molecule has 2 heterocycles. The molecule has 0 atom stereocenters. The van der Waals surface area contributed by atoms with E-state index in [-0.39, 0.29) is 5.91 Å². The molecule has 1 aliphatic heterocycles. The lowest BCUT2D eigenvalue weighted by Gasteiger charge is -2.35. The van der Waals surface area contributed by atoms with Crippen molar-refractivity contribution in [2.75, 3.05) is 32.7 Å². The molecule has 1 aromatic heterocycles. The van der Waals surface area contributed by atoms with Crippen molar-refractivity contribution in [3.05, 3.63) is 29.0 Å². The van der Waals surface area contributed by atoms with Crippen LogP contribution in [0.25, 0.3) is 0 Å². The Morgan fingerprint density at radius 2 is 2.00 bits per heavy atom. The maximum atomic E-state index is 12.3. The Morgan fingerprint density at radius 3 is 2.53 bits per heavy atom. The van der Waals surface area contributed by atoms with Gasteiger partial charge >= 0.3 is 0 Å². The molecule has 1 saturated heterocycles. The first kappa shape index (κ1) is 14.3. The second-order valence-corrected chi connectivity index (χ2v) is 5.74. The second kappa shape index (κ2) is 6.35. The molecular formula is C14H20ClN3O. The molecule has 0 N–H and O–H groups in total. The van der Waals surface area contributed by atoms with Crippen LogP contribution >= 0.6 is 11.6 Å². The van der Waals surface area contributed by atoms with Gasteiger partial charge in [-0.05, 0) is 18.1 Å². The average Bonchev–Trinajstić information content (AvgIpc) is 2.39. The van der Waals surface area contributed by atoms with Crippen LogP contribution in [-0.4, -0.2) is 53.4 Å². The minimum absolute atomic E-state index is 0.0494. The zero-order chi connectivity index (χ0) is 13.8. The monoisotopic (exact) mass is 281 g/mol. The largest absolute Gasteiger partial charge is 0.336 e. The van der Waals surface area contributed by atoms with Crippen LogP contribution in [0.15, 0.2) is 18.3 Å². The van der Waals surface area contributed by atoms with Gasteiger partial charge < -0.3 is 4.90 Å². The van der Waals surface area contributed by atoms with Gasteiger partial charge in [0.25, 0.3) is 5.91 Å². The highest BCUT2D eigenvalue weighted by molar-refractivity contribution is 6.29. The highest BCUT2D eigenvalue weighted by Gasteiger charge is 2.22. The van der Waals surface area contributed by atoms with E-state index in [9.17, 15) is 4.79 Å². The first-order valence-electron chi connectivity index (χ1n) is 6.69. The number of pyridine rings is 1. The van der Waals surface area contributed by atoms with E-state index in [4.69, 9.17) is 11.6 Å². The van der Waals surface area contributed by atoms with E-state index in [1.165, 1.54) is 0 Å². The summed E-state index contributed by atoms with van der Waals surface area (Å²) in [5, 5.41) is 0.415. The summed E-state index contributed by atoms with van der Waals surface area (Å²) in [5.41, 5.74) is 0.613. The van der Waals surface area contributed by atoms with E-state index in [1.54, 1.807) is 18.3 Å². The highest BCUT2D eigenvalue weighted by Crippen LogP contribution is 2.11. The van der Waals surface area contributed by atoms with E-state index in [0.717, 1.165) is 32.7 Å². The van der Waals surface area contributed by atoms with Crippen LogP contribution in [0.3, 0.4) is 0 Å². The third-order valence-corrected chi connectivity index (χ3v) is 3.48. The van der Waals surface area contributed by atoms with Gasteiger partial charge in [-0.1, -0.05) is 25.4 Å². The number of halogens is 1. The van der Waals surface area contributed by atoms with Crippen molar-refractivity contribution < 1.29 is 4.79 Å². The fraction of sp³-hybridized carbons (Fsp3) is 0.571. The molecule has 0 aliphatic carbocycles. The summed E-state index contributed by atoms with van der Waals surface area (Å²) in [6, 6.07) is 3.39. The van der Waals surface area contributed by atoms with Crippen LogP contribution in [0.1, 0.15) is 24.2 Å². The van der Waals surface area contributed by atoms with Gasteiger partial charge in [0.1, 0.15) is 5.15 Å². The molecule has 4 nitrogen and oxygen atoms in total. The second-order valence-electron chi connectivity index (χ2n) is 5.36. The zero-order valence-corrected chi connectivity index (χ0v) is 12.2. The number of hydrogen-bond acceptors (Lipinski definition) is 3. The Bertz CT molecular complexity index is 425. The first-order chi connectivity index (χ1) is 9.06. The van der Waals surface area contributed by atoms with Crippen molar-refractivity contribution in [3.63, 3.8) is 0 Å². The Labute approximate surface area is 119 Å². The fourth-order valence-electron chi connectivity index (χ4n) is 2.33. The number of hydrogen-bond donors (Lipinski definition) is 0. The van der Waals surface area contributed by atoms with Gasteiger partial charge in [0, 0.05) is 38.9 Å². The quantitative estimate of drug-likeness (QED) is 0.797. The maximum absolute atomic E-state index is 12.3. The number of rotatable bonds is 3. The topological polar surface area (TPSA) is 36.4 Å². The molecule has 1 aliphatic rings. The van der Waals surface area contributed by atoms with Crippen LogP contribution in [0.2, 0.25) is 5.15 Å². The van der Waals surface area contributed by atoms with E-state index in [2.05, 4.69) is 23.7 Å². The van der Waals surface area contributed by atoms with Crippen LogP contribution in [-0.2, 0) is 0 Å². The van der Waals surface area contributed by atoms with Crippen molar-refractivity contribution in [3.8, 4) is 0 Å². The summed E-state index contributed by atoms with van der Waals surface area (Å²) >= 11 is 5.73. The Kier molecular flexibility index (Phi) is 4.77. The molecule has 104 valence electrons. The number of nitrogens with zero attached hydrogens (tertiary/aromatic N) is 3. The van der Waals surface area contributed by atoms with Gasteiger partial charge in [-0.15, -0.1) is 0 Å². The number of carbonyl (C=O) groups excluding carboxylic acids is 1. The van der Waals surface area contributed by atoms with Gasteiger partial charge in [0.05, 0.1) is 5.56 Å². The molecule has 0 spiro atoms. The normalized spacial score (nSPS) is 16.9. The van der Waals surface area contributed by atoms with Gasteiger partial charge in [-0.2, -0.15) is 0 Å². The van der Waals surface area contributed by atoms with Crippen LogP contribution < -0.4 is 0 Å². The van der Waals surface area contributed by atoms with Crippen LogP contribution in [0.4, 0.5) is 0 Å². The van der Waals surface area contributed by atoms with Crippen molar-refractivity contribution >= 4 is 17.5 Å². The molecule has 2 rings (SSSR count). The Hall–Kier alpha value is -1.13. The van der Waals surface area contributed by atoms with E-state index >= 15 is 0 Å². The van der Waals surface area contributed by atoms with Crippen LogP contribution in [0, 0.1) is 5.92 Å².